The number of anilines is 1. The van der Waals surface area contributed by atoms with E-state index in [-0.39, 0.29) is 17.8 Å². The molecule has 2 fully saturated rings. The summed E-state index contributed by atoms with van der Waals surface area (Å²) >= 11 is 0. The van der Waals surface area contributed by atoms with E-state index < -0.39 is 16.0 Å². The molecule has 12 heteroatoms. The van der Waals surface area contributed by atoms with Crippen LogP contribution in [0.4, 0.5) is 10.3 Å². The Bertz CT molecular complexity index is 1080. The van der Waals surface area contributed by atoms with Gasteiger partial charge in [-0.05, 0) is 59.5 Å². The average molecular weight is 495 g/mol. The predicted octanol–water partition coefficient (Wildman–Crippen LogP) is 2.18. The van der Waals surface area contributed by atoms with Gasteiger partial charge < -0.3 is 14.8 Å². The van der Waals surface area contributed by atoms with Crippen LogP contribution in [0.5, 0.6) is 0 Å². The highest BCUT2D eigenvalue weighted by atomic mass is 32.2. The van der Waals surface area contributed by atoms with Crippen LogP contribution in [-0.4, -0.2) is 82.5 Å². The normalized spacial score (nSPS) is 18.7. The summed E-state index contributed by atoms with van der Waals surface area (Å²) in [6, 6.07) is 0.115. The van der Waals surface area contributed by atoms with Crippen molar-refractivity contribution in [3.05, 3.63) is 24.0 Å². The van der Waals surface area contributed by atoms with Crippen LogP contribution in [-0.2, 0) is 10.2 Å². The number of rotatable bonds is 9. The molecule has 0 radical (unpaired) electrons. The fraction of sp³-hybridized carbons (Fsp3) is 0.682. The zero-order valence-electron chi connectivity index (χ0n) is 20.2. The molecule has 0 amide bonds. The molecule has 0 aliphatic carbocycles. The molecule has 188 valence electrons. The van der Waals surface area contributed by atoms with Gasteiger partial charge in [-0.25, -0.2) is 24.1 Å². The summed E-state index contributed by atoms with van der Waals surface area (Å²) < 4.78 is 46.1. The molecule has 10 nitrogen and oxygen atoms in total. The summed E-state index contributed by atoms with van der Waals surface area (Å²) in [4.78, 5) is 15.1. The van der Waals surface area contributed by atoms with E-state index in [1.54, 1.807) is 6.20 Å². The number of aryl methyl sites for hydroxylation is 1. The van der Waals surface area contributed by atoms with Crippen LogP contribution < -0.4 is 10.0 Å². The first-order chi connectivity index (χ1) is 16.2. The van der Waals surface area contributed by atoms with E-state index in [1.165, 1.54) is 23.3 Å². The smallest absolute Gasteiger partial charge is 0.279 e. The SMILES string of the molecule is Cc1ncc(-c2nc(NC3CCN(S(=O)(=O)NCCN4CCCC4)CC3)ncc2F)n1C(C)C. The van der Waals surface area contributed by atoms with Crippen molar-refractivity contribution in [2.24, 2.45) is 0 Å². The molecule has 0 unspecified atom stereocenters. The van der Waals surface area contributed by atoms with Crippen molar-refractivity contribution in [1.29, 1.82) is 0 Å². The van der Waals surface area contributed by atoms with E-state index in [1.807, 2.05) is 25.3 Å². The van der Waals surface area contributed by atoms with Crippen molar-refractivity contribution in [3.63, 3.8) is 0 Å². The molecule has 4 heterocycles. The Morgan fingerprint density at radius 1 is 1.12 bits per heavy atom. The first-order valence-electron chi connectivity index (χ1n) is 12.0. The van der Waals surface area contributed by atoms with Gasteiger partial charge in [0.1, 0.15) is 11.5 Å². The van der Waals surface area contributed by atoms with E-state index in [9.17, 15) is 12.8 Å². The van der Waals surface area contributed by atoms with E-state index in [2.05, 4.69) is 29.9 Å². The van der Waals surface area contributed by atoms with Crippen LogP contribution in [0.1, 0.15) is 51.4 Å². The van der Waals surface area contributed by atoms with Gasteiger partial charge in [0, 0.05) is 38.3 Å². The van der Waals surface area contributed by atoms with Crippen molar-refractivity contribution in [3.8, 4) is 11.4 Å². The third-order valence-corrected chi connectivity index (χ3v) is 8.14. The Kier molecular flexibility index (Phi) is 7.80. The lowest BCUT2D eigenvalue weighted by molar-refractivity contribution is 0.317. The molecule has 2 N–H and O–H groups in total. The lowest BCUT2D eigenvalue weighted by atomic mass is 10.1. The highest BCUT2D eigenvalue weighted by Gasteiger charge is 2.28. The van der Waals surface area contributed by atoms with Crippen LogP contribution in [0, 0.1) is 12.7 Å². The number of aromatic nitrogens is 4. The number of halogens is 1. The molecule has 0 atom stereocenters. The third kappa shape index (κ3) is 5.73. The Morgan fingerprint density at radius 3 is 2.50 bits per heavy atom. The van der Waals surface area contributed by atoms with E-state index in [0.717, 1.165) is 25.5 Å². The number of piperidine rings is 1. The van der Waals surface area contributed by atoms with E-state index in [4.69, 9.17) is 0 Å². The molecule has 0 saturated carbocycles. The van der Waals surface area contributed by atoms with E-state index >= 15 is 0 Å². The predicted molar refractivity (Wildman–Crippen MR) is 129 cm³/mol. The number of imidazole rings is 1. The van der Waals surface area contributed by atoms with Crippen LogP contribution >= 0.6 is 0 Å². The Hall–Kier alpha value is -2.15. The summed E-state index contributed by atoms with van der Waals surface area (Å²) in [7, 11) is -3.49. The van der Waals surface area contributed by atoms with Crippen LogP contribution in [0.15, 0.2) is 12.4 Å². The van der Waals surface area contributed by atoms with Crippen molar-refractivity contribution >= 4 is 16.2 Å². The average Bonchev–Trinajstić information content (AvgIpc) is 3.45. The number of nitrogens with one attached hydrogen (secondary N) is 2. The van der Waals surface area contributed by atoms with Crippen LogP contribution in [0.3, 0.4) is 0 Å². The summed E-state index contributed by atoms with van der Waals surface area (Å²) in [5.41, 5.74) is 0.811. The number of hydrogen-bond donors (Lipinski definition) is 2. The molecule has 0 spiro atoms. The molecule has 2 aliphatic rings. The third-order valence-electron chi connectivity index (χ3n) is 6.52. The lowest BCUT2D eigenvalue weighted by Gasteiger charge is -2.31. The fourth-order valence-corrected chi connectivity index (χ4v) is 5.97. The molecule has 2 aliphatic heterocycles. The molecular formula is C22H35FN8O2S. The van der Waals surface area contributed by atoms with Gasteiger partial charge in [-0.3, -0.25) is 0 Å². The maximum Gasteiger partial charge on any atom is 0.279 e. The molecule has 0 bridgehead atoms. The molecule has 0 aromatic carbocycles. The maximum atomic E-state index is 14.6. The fourth-order valence-electron chi connectivity index (χ4n) is 4.75. The minimum atomic E-state index is -3.49. The second-order valence-electron chi connectivity index (χ2n) is 9.31. The minimum Gasteiger partial charge on any atom is -0.351 e. The highest BCUT2D eigenvalue weighted by Crippen LogP contribution is 2.26. The number of likely N-dealkylation sites (tertiary alicyclic amines) is 1. The molecule has 2 aromatic heterocycles. The van der Waals surface area contributed by atoms with Gasteiger partial charge in [0.2, 0.25) is 5.95 Å². The molecule has 2 aromatic rings. The maximum absolute atomic E-state index is 14.6. The number of nitrogens with zero attached hydrogens (tertiary/aromatic N) is 6. The molecule has 2 saturated heterocycles. The van der Waals surface area contributed by atoms with Crippen molar-refractivity contribution in [1.82, 2.24) is 33.4 Å². The van der Waals surface area contributed by atoms with Gasteiger partial charge in [0.25, 0.3) is 10.2 Å². The second-order valence-corrected chi connectivity index (χ2v) is 11.1. The Balaban J connectivity index is 1.34. The van der Waals surface area contributed by atoms with Gasteiger partial charge in [0.15, 0.2) is 5.82 Å². The van der Waals surface area contributed by atoms with Gasteiger partial charge in [-0.2, -0.15) is 12.7 Å². The largest absolute Gasteiger partial charge is 0.351 e. The Labute approximate surface area is 201 Å². The van der Waals surface area contributed by atoms with Crippen molar-refractivity contribution in [2.45, 2.75) is 58.5 Å². The summed E-state index contributed by atoms with van der Waals surface area (Å²) in [5.74, 6) is 0.615. The summed E-state index contributed by atoms with van der Waals surface area (Å²) in [6.07, 6.45) is 6.41. The minimum absolute atomic E-state index is 0.00565. The highest BCUT2D eigenvalue weighted by molar-refractivity contribution is 7.87. The standard InChI is InChI=1S/C22H35FN8O2S/c1-16(2)31-17(3)24-15-20(31)21-19(23)14-25-22(28-21)27-18-6-11-30(12-7-18)34(32,33)26-8-13-29-9-4-5-10-29/h14-16,18,26H,4-13H2,1-3H3,(H,25,27,28). The number of hydrogen-bond acceptors (Lipinski definition) is 7. The van der Waals surface area contributed by atoms with Gasteiger partial charge in [-0.1, -0.05) is 0 Å². The summed E-state index contributed by atoms with van der Waals surface area (Å²) in [6.45, 7) is 9.99. The zero-order chi connectivity index (χ0) is 24.3. The summed E-state index contributed by atoms with van der Waals surface area (Å²) in [5, 5.41) is 3.26. The molecular weight excluding hydrogens is 459 g/mol. The van der Waals surface area contributed by atoms with Crippen LogP contribution in [0.2, 0.25) is 0 Å². The molecule has 34 heavy (non-hydrogen) atoms. The Morgan fingerprint density at radius 2 is 1.82 bits per heavy atom. The molecule has 4 rings (SSSR count). The van der Waals surface area contributed by atoms with Crippen LogP contribution in [0.25, 0.3) is 11.4 Å². The zero-order valence-corrected chi connectivity index (χ0v) is 21.0. The van der Waals surface area contributed by atoms with Gasteiger partial charge in [0.05, 0.1) is 18.1 Å². The topological polar surface area (TPSA) is 108 Å². The quantitative estimate of drug-likeness (QED) is 0.550. The first kappa shape index (κ1) is 25.0. The lowest BCUT2D eigenvalue weighted by Crippen LogP contribution is -2.48. The van der Waals surface area contributed by atoms with Gasteiger partial charge in [-0.15, -0.1) is 0 Å². The van der Waals surface area contributed by atoms with Crippen molar-refractivity contribution < 1.29 is 12.8 Å². The van der Waals surface area contributed by atoms with Crippen molar-refractivity contribution in [2.75, 3.05) is 44.6 Å². The van der Waals surface area contributed by atoms with Gasteiger partial charge >= 0.3 is 0 Å². The van der Waals surface area contributed by atoms with E-state index in [0.29, 0.717) is 44.1 Å². The monoisotopic (exact) mass is 494 g/mol. The second kappa shape index (κ2) is 10.6. The first-order valence-corrected chi connectivity index (χ1v) is 13.5.